The van der Waals surface area contributed by atoms with E-state index in [1.807, 2.05) is 52.0 Å². The van der Waals surface area contributed by atoms with Gasteiger partial charge in [0, 0.05) is 5.56 Å². The fourth-order valence-electron chi connectivity index (χ4n) is 6.21. The van der Waals surface area contributed by atoms with Crippen LogP contribution in [-0.4, -0.2) is 22.0 Å². The van der Waals surface area contributed by atoms with Crippen LogP contribution in [0, 0.1) is 0 Å². The Hall–Kier alpha value is -1.81. The molecule has 0 heterocycles. The Bertz CT molecular complexity index is 1050. The first kappa shape index (κ1) is 27.2. The number of hydrogen-bond acceptors (Lipinski definition) is 3. The molecule has 0 spiro atoms. The summed E-state index contributed by atoms with van der Waals surface area (Å²) in [5.41, 5.74) is 3.28. The van der Waals surface area contributed by atoms with Crippen molar-refractivity contribution >= 4 is 12.9 Å². The fraction of sp³-hybridized carbons (Fsp3) is 0.600. The second-order valence-corrected chi connectivity index (χ2v) is 12.7. The van der Waals surface area contributed by atoms with E-state index in [0.29, 0.717) is 28.5 Å². The molecule has 2 fully saturated rings. The van der Waals surface area contributed by atoms with Crippen LogP contribution in [0.2, 0.25) is 0 Å². The van der Waals surface area contributed by atoms with Crippen molar-refractivity contribution < 1.29 is 23.8 Å². The number of hydrogen-bond donors (Lipinski definition) is 2. The molecule has 5 nitrogen and oxygen atoms in total. The highest BCUT2D eigenvalue weighted by molar-refractivity contribution is 7.60. The van der Waals surface area contributed by atoms with Gasteiger partial charge in [0.2, 0.25) is 0 Å². The summed E-state index contributed by atoms with van der Waals surface area (Å²) in [5, 5.41) is 0.200. The van der Waals surface area contributed by atoms with Crippen molar-refractivity contribution in [3.8, 4) is 22.6 Å². The topological polar surface area (TPSA) is 76.0 Å². The molecule has 0 atom stereocenters. The van der Waals surface area contributed by atoms with Gasteiger partial charge in [-0.25, -0.2) is 0 Å². The van der Waals surface area contributed by atoms with Crippen molar-refractivity contribution in [3.05, 3.63) is 41.5 Å². The highest BCUT2D eigenvalue weighted by Gasteiger charge is 2.36. The largest absolute Gasteiger partial charge is 0.490 e. The van der Waals surface area contributed by atoms with Gasteiger partial charge < -0.3 is 19.3 Å². The molecule has 0 aliphatic heterocycles. The summed E-state index contributed by atoms with van der Waals surface area (Å²) in [5.74, 6) is 1.73. The highest BCUT2D eigenvalue weighted by atomic mass is 31.2. The summed E-state index contributed by atoms with van der Waals surface area (Å²) >= 11 is 0. The van der Waals surface area contributed by atoms with Crippen LogP contribution >= 0.6 is 7.60 Å². The van der Waals surface area contributed by atoms with Crippen molar-refractivity contribution in [1.82, 2.24) is 0 Å². The molecular weight excluding hydrogens is 471 g/mol. The first-order valence-electron chi connectivity index (χ1n) is 13.9. The monoisotopic (exact) mass is 514 g/mol. The van der Waals surface area contributed by atoms with Gasteiger partial charge in [-0.05, 0) is 88.5 Å². The summed E-state index contributed by atoms with van der Waals surface area (Å²) in [6.07, 6.45) is 11.0. The highest BCUT2D eigenvalue weighted by Crippen LogP contribution is 2.50. The molecule has 2 aliphatic carbocycles. The lowest BCUT2D eigenvalue weighted by Crippen LogP contribution is -2.24. The molecule has 0 amide bonds. The van der Waals surface area contributed by atoms with E-state index >= 15 is 0 Å². The van der Waals surface area contributed by atoms with Crippen LogP contribution in [-0.2, 0) is 4.57 Å². The summed E-state index contributed by atoms with van der Waals surface area (Å²) in [4.78, 5) is 21.9. The van der Waals surface area contributed by atoms with Crippen LogP contribution in [0.4, 0.5) is 0 Å². The quantitative estimate of drug-likeness (QED) is 0.351. The van der Waals surface area contributed by atoms with Crippen LogP contribution in [0.15, 0.2) is 30.3 Å². The first-order valence-corrected chi connectivity index (χ1v) is 15.5. The Morgan fingerprint density at radius 1 is 0.750 bits per heavy atom. The molecule has 4 rings (SSSR count). The standard InChI is InChI=1S/C30H43O5P/c1-20(2)34-26-16-11-17-27(35-21(3)4)29(26)25-19-18-24(22-12-7-5-8-13-22)28(30(25)36(31,32)33)23-14-9-6-10-15-23/h11,16-23H,5-10,12-15H2,1-4H3,(H2,31,32,33). The van der Waals surface area contributed by atoms with E-state index in [1.165, 1.54) is 25.7 Å². The predicted octanol–water partition coefficient (Wildman–Crippen LogP) is 7.83. The second-order valence-electron chi connectivity index (χ2n) is 11.1. The SMILES string of the molecule is CC(C)Oc1cccc(OC(C)C)c1-c1ccc(C2CCCCC2)c(C2CCCCC2)c1P(=O)(O)O. The number of rotatable bonds is 8. The van der Waals surface area contributed by atoms with Crippen LogP contribution < -0.4 is 14.8 Å². The molecule has 0 unspecified atom stereocenters. The van der Waals surface area contributed by atoms with Gasteiger partial charge in [-0.15, -0.1) is 0 Å². The summed E-state index contributed by atoms with van der Waals surface area (Å²) in [7, 11) is -4.62. The average Bonchev–Trinajstić information content (AvgIpc) is 2.83. The normalized spacial score (nSPS) is 18.1. The Labute approximate surface area is 216 Å². The zero-order chi connectivity index (χ0) is 25.9. The zero-order valence-electron chi connectivity index (χ0n) is 22.3. The maximum Gasteiger partial charge on any atom is 0.357 e. The lowest BCUT2D eigenvalue weighted by atomic mass is 9.75. The van der Waals surface area contributed by atoms with Crippen molar-refractivity contribution in [1.29, 1.82) is 0 Å². The molecule has 0 radical (unpaired) electrons. The van der Waals surface area contributed by atoms with Crippen molar-refractivity contribution in [3.63, 3.8) is 0 Å². The average molecular weight is 515 g/mol. The minimum Gasteiger partial charge on any atom is -0.490 e. The van der Waals surface area contributed by atoms with Crippen LogP contribution in [0.25, 0.3) is 11.1 Å². The Morgan fingerprint density at radius 3 is 1.72 bits per heavy atom. The third kappa shape index (κ3) is 6.18. The Balaban J connectivity index is 2.02. The molecule has 2 aromatic rings. The van der Waals surface area contributed by atoms with E-state index in [0.717, 1.165) is 49.7 Å². The van der Waals surface area contributed by atoms with Gasteiger partial charge in [0.25, 0.3) is 0 Å². The van der Waals surface area contributed by atoms with Crippen molar-refractivity contribution in [2.75, 3.05) is 0 Å². The number of ether oxygens (including phenoxy) is 2. The van der Waals surface area contributed by atoms with Crippen molar-refractivity contribution in [2.45, 2.75) is 116 Å². The van der Waals surface area contributed by atoms with E-state index in [4.69, 9.17) is 9.47 Å². The molecule has 2 N–H and O–H groups in total. The lowest BCUT2D eigenvalue weighted by molar-refractivity contribution is 0.231. The third-order valence-corrected chi connectivity index (χ3v) is 8.65. The van der Waals surface area contributed by atoms with Gasteiger partial charge >= 0.3 is 7.60 Å². The van der Waals surface area contributed by atoms with E-state index in [9.17, 15) is 14.4 Å². The van der Waals surface area contributed by atoms with Crippen LogP contribution in [0.1, 0.15) is 115 Å². The van der Waals surface area contributed by atoms with Gasteiger partial charge in [0.15, 0.2) is 0 Å². The smallest absolute Gasteiger partial charge is 0.357 e. The Morgan fingerprint density at radius 2 is 1.25 bits per heavy atom. The molecule has 2 saturated carbocycles. The minimum atomic E-state index is -4.62. The molecule has 6 heteroatoms. The van der Waals surface area contributed by atoms with Gasteiger partial charge in [-0.1, -0.05) is 56.7 Å². The van der Waals surface area contributed by atoms with E-state index in [2.05, 4.69) is 6.07 Å². The first-order chi connectivity index (χ1) is 17.2. The van der Waals surface area contributed by atoms with E-state index in [-0.39, 0.29) is 23.4 Å². The molecule has 36 heavy (non-hydrogen) atoms. The lowest BCUT2D eigenvalue weighted by Gasteiger charge is -2.33. The fourth-order valence-corrected chi connectivity index (χ4v) is 7.34. The predicted molar refractivity (Wildman–Crippen MR) is 147 cm³/mol. The number of benzene rings is 2. The van der Waals surface area contributed by atoms with Gasteiger partial charge in [-0.3, -0.25) is 4.57 Å². The molecular formula is C30H43O5P. The van der Waals surface area contributed by atoms with E-state index in [1.54, 1.807) is 0 Å². The third-order valence-electron chi connectivity index (χ3n) is 7.58. The maximum absolute atomic E-state index is 13.4. The zero-order valence-corrected chi connectivity index (χ0v) is 23.2. The van der Waals surface area contributed by atoms with Gasteiger partial charge in [0.05, 0.1) is 23.1 Å². The summed E-state index contributed by atoms with van der Waals surface area (Å²) in [6.45, 7) is 7.85. The molecule has 0 bridgehead atoms. The van der Waals surface area contributed by atoms with E-state index < -0.39 is 7.60 Å². The van der Waals surface area contributed by atoms with Gasteiger partial charge in [0.1, 0.15) is 11.5 Å². The van der Waals surface area contributed by atoms with Crippen molar-refractivity contribution in [2.24, 2.45) is 0 Å². The molecule has 2 aromatic carbocycles. The minimum absolute atomic E-state index is 0.0871. The van der Waals surface area contributed by atoms with Crippen LogP contribution in [0.5, 0.6) is 11.5 Å². The van der Waals surface area contributed by atoms with Gasteiger partial charge in [-0.2, -0.15) is 0 Å². The van der Waals surface area contributed by atoms with Crippen LogP contribution in [0.3, 0.4) is 0 Å². The molecule has 2 aliphatic rings. The Kier molecular flexibility index (Phi) is 8.86. The maximum atomic E-state index is 13.4. The second kappa shape index (κ2) is 11.7. The molecule has 0 saturated heterocycles. The molecule has 0 aromatic heterocycles. The molecule has 198 valence electrons. The summed E-state index contributed by atoms with van der Waals surface area (Å²) in [6, 6.07) is 9.73. The summed E-state index contributed by atoms with van der Waals surface area (Å²) < 4.78 is 25.8.